The molecule has 6 nitrogen and oxygen atoms in total. The Labute approximate surface area is 160 Å². The minimum atomic E-state index is 0.673. The first-order valence-corrected chi connectivity index (χ1v) is 10.3. The Balaban J connectivity index is 1.42. The van der Waals surface area contributed by atoms with Gasteiger partial charge in [0, 0.05) is 10.9 Å². The van der Waals surface area contributed by atoms with E-state index in [0.717, 1.165) is 51.1 Å². The van der Waals surface area contributed by atoms with Crippen molar-refractivity contribution in [2.24, 2.45) is 5.92 Å². The summed E-state index contributed by atoms with van der Waals surface area (Å²) in [5.41, 5.74) is 5.62. The largest absolute Gasteiger partial charge is 0.314 e. The van der Waals surface area contributed by atoms with Gasteiger partial charge in [-0.3, -0.25) is 4.98 Å². The van der Waals surface area contributed by atoms with E-state index in [2.05, 4.69) is 23.3 Å². The maximum Gasteiger partial charge on any atom is 0.156 e. The van der Waals surface area contributed by atoms with Crippen molar-refractivity contribution in [3.63, 3.8) is 0 Å². The molecule has 1 saturated carbocycles. The average molecular weight is 376 g/mol. The minimum Gasteiger partial charge on any atom is -0.314 e. The van der Waals surface area contributed by atoms with E-state index in [1.165, 1.54) is 17.7 Å². The van der Waals surface area contributed by atoms with Crippen molar-refractivity contribution < 1.29 is 0 Å². The van der Waals surface area contributed by atoms with E-state index in [9.17, 15) is 0 Å². The number of piperidine rings is 1. The lowest BCUT2D eigenvalue weighted by Crippen LogP contribution is -2.28. The third kappa shape index (κ3) is 2.41. The second-order valence-electron chi connectivity index (χ2n) is 7.90. The maximum absolute atomic E-state index is 4.90. The van der Waals surface area contributed by atoms with E-state index in [4.69, 9.17) is 15.1 Å². The first kappa shape index (κ1) is 15.7. The third-order valence-electron chi connectivity index (χ3n) is 5.98. The van der Waals surface area contributed by atoms with Gasteiger partial charge < -0.3 is 5.32 Å². The lowest BCUT2D eigenvalue weighted by Gasteiger charge is -2.20. The quantitative estimate of drug-likeness (QED) is 0.580. The smallest absolute Gasteiger partial charge is 0.156 e. The van der Waals surface area contributed by atoms with E-state index in [0.29, 0.717) is 12.0 Å². The number of nitrogens with zero attached hydrogens (tertiary/aromatic N) is 5. The van der Waals surface area contributed by atoms with Crippen LogP contribution in [0.15, 0.2) is 24.5 Å². The van der Waals surface area contributed by atoms with Gasteiger partial charge in [-0.15, -0.1) is 11.3 Å². The fraction of sp³-hybridized carbons (Fsp3) is 0.400. The molecule has 0 aromatic carbocycles. The Hall–Kier alpha value is -2.38. The molecular weight excluding hydrogens is 356 g/mol. The Kier molecular flexibility index (Phi) is 3.22. The molecule has 3 atom stereocenters. The van der Waals surface area contributed by atoms with Crippen molar-refractivity contribution in [1.82, 2.24) is 29.9 Å². The van der Waals surface area contributed by atoms with Gasteiger partial charge in [0.1, 0.15) is 21.7 Å². The second-order valence-corrected chi connectivity index (χ2v) is 8.96. The Bertz CT molecular complexity index is 1190. The lowest BCUT2D eigenvalue weighted by atomic mass is 9.94. The number of rotatable bonds is 2. The van der Waals surface area contributed by atoms with E-state index < -0.39 is 0 Å². The molecule has 2 fully saturated rings. The van der Waals surface area contributed by atoms with Crippen molar-refractivity contribution in [3.8, 4) is 11.4 Å². The van der Waals surface area contributed by atoms with Crippen LogP contribution in [0.4, 0.5) is 0 Å². The number of aromatic nitrogens is 5. The molecule has 7 heteroatoms. The van der Waals surface area contributed by atoms with Gasteiger partial charge in [-0.1, -0.05) is 0 Å². The predicted octanol–water partition coefficient (Wildman–Crippen LogP) is 3.48. The van der Waals surface area contributed by atoms with Gasteiger partial charge in [-0.2, -0.15) is 5.10 Å². The molecule has 1 N–H and O–H groups in total. The van der Waals surface area contributed by atoms with Crippen molar-refractivity contribution in [3.05, 3.63) is 40.7 Å². The number of fused-ring (bicyclic) bond motifs is 4. The van der Waals surface area contributed by atoms with Gasteiger partial charge in [0.15, 0.2) is 5.65 Å². The standard InChI is InChI=1S/C20H20N6S/c1-10-3-15(25-26-9-11(2)23-19(10)26)17-8-22-16-6-18(27-20(16)24-17)14-5-13-4-12(14)7-21-13/h3,6,8-9,12-14,21H,4-5,7H2,1-2H3/t12-,13-,14-/m1/s1. The minimum absolute atomic E-state index is 0.673. The molecule has 2 aliphatic rings. The van der Waals surface area contributed by atoms with Gasteiger partial charge >= 0.3 is 0 Å². The first-order valence-electron chi connectivity index (χ1n) is 9.48. The molecule has 2 bridgehead atoms. The van der Waals surface area contributed by atoms with Gasteiger partial charge in [0.25, 0.3) is 0 Å². The number of hydrogen-bond donors (Lipinski definition) is 1. The molecule has 0 amide bonds. The summed E-state index contributed by atoms with van der Waals surface area (Å²) in [6.45, 7) is 5.20. The Morgan fingerprint density at radius 1 is 1.15 bits per heavy atom. The zero-order valence-corrected chi connectivity index (χ0v) is 16.1. The molecule has 0 spiro atoms. The van der Waals surface area contributed by atoms with Crippen LogP contribution in [0.3, 0.4) is 0 Å². The molecule has 1 saturated heterocycles. The number of hydrogen-bond acceptors (Lipinski definition) is 6. The van der Waals surface area contributed by atoms with Crippen LogP contribution in [-0.2, 0) is 0 Å². The number of thiophene rings is 1. The lowest BCUT2D eigenvalue weighted by molar-refractivity contribution is 0.446. The fourth-order valence-corrected chi connectivity index (χ4v) is 5.89. The monoisotopic (exact) mass is 376 g/mol. The summed E-state index contributed by atoms with van der Waals surface area (Å²) < 4.78 is 1.84. The van der Waals surface area contributed by atoms with Crippen molar-refractivity contribution in [2.45, 2.75) is 38.6 Å². The van der Waals surface area contributed by atoms with Gasteiger partial charge in [0.2, 0.25) is 0 Å². The van der Waals surface area contributed by atoms with Crippen LogP contribution in [0.1, 0.15) is 34.9 Å². The van der Waals surface area contributed by atoms with E-state index in [-0.39, 0.29) is 0 Å². The molecule has 4 aromatic rings. The summed E-state index contributed by atoms with van der Waals surface area (Å²) in [4.78, 5) is 16.6. The molecular formula is C20H20N6S. The van der Waals surface area contributed by atoms with Gasteiger partial charge in [-0.05, 0) is 62.8 Å². The normalized spacial score (nSPS) is 24.4. The van der Waals surface area contributed by atoms with Crippen molar-refractivity contribution >= 4 is 27.3 Å². The van der Waals surface area contributed by atoms with Crippen molar-refractivity contribution in [1.29, 1.82) is 0 Å². The van der Waals surface area contributed by atoms with Crippen LogP contribution in [0.2, 0.25) is 0 Å². The highest BCUT2D eigenvalue weighted by molar-refractivity contribution is 7.18. The number of nitrogens with one attached hydrogen (secondary N) is 1. The topological polar surface area (TPSA) is 68.0 Å². The average Bonchev–Trinajstić information content (AvgIpc) is 3.42. The second kappa shape index (κ2) is 5.56. The van der Waals surface area contributed by atoms with Crippen LogP contribution >= 0.6 is 11.3 Å². The van der Waals surface area contributed by atoms with Crippen LogP contribution in [0.5, 0.6) is 0 Å². The summed E-state index contributed by atoms with van der Waals surface area (Å²) in [5, 5.41) is 8.30. The molecule has 1 aliphatic carbocycles. The van der Waals surface area contributed by atoms with E-state index in [1.807, 2.05) is 29.9 Å². The summed E-state index contributed by atoms with van der Waals surface area (Å²) >= 11 is 1.81. The molecule has 136 valence electrons. The fourth-order valence-electron chi connectivity index (χ4n) is 4.69. The van der Waals surface area contributed by atoms with E-state index >= 15 is 0 Å². The van der Waals surface area contributed by atoms with Crippen molar-refractivity contribution in [2.75, 3.05) is 6.54 Å². The highest BCUT2D eigenvalue weighted by atomic mass is 32.1. The van der Waals surface area contributed by atoms with Crippen LogP contribution in [0, 0.1) is 19.8 Å². The van der Waals surface area contributed by atoms with Crippen LogP contribution in [-0.4, -0.2) is 37.2 Å². The summed E-state index contributed by atoms with van der Waals surface area (Å²) in [6.07, 6.45) is 6.36. The van der Waals surface area contributed by atoms with E-state index in [1.54, 1.807) is 11.3 Å². The third-order valence-corrected chi connectivity index (χ3v) is 7.13. The summed E-state index contributed by atoms with van der Waals surface area (Å²) in [6, 6.07) is 5.01. The van der Waals surface area contributed by atoms with Crippen LogP contribution in [0.25, 0.3) is 27.4 Å². The van der Waals surface area contributed by atoms with Crippen LogP contribution < -0.4 is 5.32 Å². The SMILES string of the molecule is Cc1cn2nc(-c3cnc4cc([C@@H]5C[C@H]6C[C@@H]5CN6)sc4n3)cc(C)c2n1. The Morgan fingerprint density at radius 2 is 2.07 bits per heavy atom. The summed E-state index contributed by atoms with van der Waals surface area (Å²) in [5.74, 6) is 1.45. The highest BCUT2D eigenvalue weighted by Crippen LogP contribution is 2.46. The Morgan fingerprint density at radius 3 is 2.89 bits per heavy atom. The maximum atomic E-state index is 4.90. The first-order chi connectivity index (χ1) is 13.1. The molecule has 0 unspecified atom stereocenters. The summed E-state index contributed by atoms with van der Waals surface area (Å²) in [7, 11) is 0. The molecule has 27 heavy (non-hydrogen) atoms. The molecule has 0 radical (unpaired) electrons. The number of aryl methyl sites for hydroxylation is 2. The molecule has 4 aromatic heterocycles. The predicted molar refractivity (Wildman–Crippen MR) is 106 cm³/mol. The van der Waals surface area contributed by atoms with Gasteiger partial charge in [-0.25, -0.2) is 14.5 Å². The molecule has 5 heterocycles. The zero-order chi connectivity index (χ0) is 18.1. The highest BCUT2D eigenvalue weighted by Gasteiger charge is 2.40. The number of imidazole rings is 1. The molecule has 1 aliphatic heterocycles. The molecule has 6 rings (SSSR count). The van der Waals surface area contributed by atoms with Gasteiger partial charge in [0.05, 0.1) is 18.1 Å². The zero-order valence-electron chi connectivity index (χ0n) is 15.3.